The minimum atomic E-state index is -0.124. The van der Waals surface area contributed by atoms with Crippen LogP contribution < -0.4 is 0 Å². The first kappa shape index (κ1) is 15.8. The Bertz CT molecular complexity index is 962. The van der Waals surface area contributed by atoms with E-state index in [4.69, 9.17) is 0 Å². The maximum Gasteiger partial charge on any atom is 0.211 e. The van der Waals surface area contributed by atoms with Crippen LogP contribution in [0.1, 0.15) is 16.1 Å². The Labute approximate surface area is 151 Å². The lowest BCUT2D eigenvalue weighted by molar-refractivity contribution is 0.103. The third-order valence-corrected chi connectivity index (χ3v) is 3.99. The molecule has 26 heavy (non-hydrogen) atoms. The molecule has 4 aromatic rings. The lowest BCUT2D eigenvalue weighted by Crippen LogP contribution is -2.05. The van der Waals surface area contributed by atoms with Crippen molar-refractivity contribution in [3.63, 3.8) is 0 Å². The van der Waals surface area contributed by atoms with Gasteiger partial charge < -0.3 is 0 Å². The summed E-state index contributed by atoms with van der Waals surface area (Å²) in [6, 6.07) is 24.2. The van der Waals surface area contributed by atoms with E-state index in [1.54, 1.807) is 24.5 Å². The number of rotatable bonds is 4. The summed E-state index contributed by atoms with van der Waals surface area (Å²) in [6.45, 7) is 0. The van der Waals surface area contributed by atoms with E-state index in [0.29, 0.717) is 17.0 Å². The van der Waals surface area contributed by atoms with Gasteiger partial charge in [-0.2, -0.15) is 0 Å². The molecule has 3 aromatic heterocycles. The quantitative estimate of drug-likeness (QED) is 0.517. The van der Waals surface area contributed by atoms with Crippen molar-refractivity contribution in [3.05, 3.63) is 103 Å². The van der Waals surface area contributed by atoms with Gasteiger partial charge in [-0.15, -0.1) is 0 Å². The fourth-order valence-corrected chi connectivity index (χ4v) is 2.72. The fourth-order valence-electron chi connectivity index (χ4n) is 2.72. The van der Waals surface area contributed by atoms with E-state index in [-0.39, 0.29) is 5.78 Å². The van der Waals surface area contributed by atoms with Crippen LogP contribution in [0.2, 0.25) is 0 Å². The van der Waals surface area contributed by atoms with Crippen LogP contribution in [0.3, 0.4) is 0 Å². The summed E-state index contributed by atoms with van der Waals surface area (Å²) in [5.74, 6) is -0.124. The average molecular weight is 337 g/mol. The van der Waals surface area contributed by atoms with Gasteiger partial charge in [-0.05, 0) is 42.5 Å². The maximum atomic E-state index is 12.9. The zero-order valence-corrected chi connectivity index (χ0v) is 13.9. The highest BCUT2D eigenvalue weighted by Crippen LogP contribution is 2.20. The van der Waals surface area contributed by atoms with Crippen LogP contribution >= 0.6 is 0 Å². The molecule has 124 valence electrons. The number of carbonyl (C=O) groups is 1. The predicted molar refractivity (Wildman–Crippen MR) is 101 cm³/mol. The summed E-state index contributed by atoms with van der Waals surface area (Å²) in [7, 11) is 0. The van der Waals surface area contributed by atoms with Crippen LogP contribution in [-0.4, -0.2) is 20.7 Å². The monoisotopic (exact) mass is 337 g/mol. The summed E-state index contributed by atoms with van der Waals surface area (Å²) < 4.78 is 0. The Morgan fingerprint density at radius 1 is 0.654 bits per heavy atom. The average Bonchev–Trinajstić information content (AvgIpc) is 2.75. The van der Waals surface area contributed by atoms with Crippen molar-refractivity contribution in [1.82, 2.24) is 15.0 Å². The minimum absolute atomic E-state index is 0.124. The second-order valence-corrected chi connectivity index (χ2v) is 5.75. The van der Waals surface area contributed by atoms with Gasteiger partial charge in [-0.3, -0.25) is 14.8 Å². The lowest BCUT2D eigenvalue weighted by atomic mass is 10.0. The molecule has 0 N–H and O–H groups in total. The number of pyridine rings is 3. The number of benzene rings is 1. The Kier molecular flexibility index (Phi) is 4.31. The van der Waals surface area contributed by atoms with Crippen LogP contribution in [0, 0.1) is 0 Å². The molecule has 0 radical (unpaired) electrons. The molecule has 0 aliphatic rings. The van der Waals surface area contributed by atoms with Crippen molar-refractivity contribution in [2.45, 2.75) is 0 Å². The molecule has 0 unspecified atom stereocenters. The Morgan fingerprint density at radius 2 is 1.35 bits per heavy atom. The third kappa shape index (κ3) is 3.26. The van der Waals surface area contributed by atoms with Gasteiger partial charge in [-0.1, -0.05) is 36.4 Å². The highest BCUT2D eigenvalue weighted by atomic mass is 16.1. The largest absolute Gasteiger partial charge is 0.287 e. The summed E-state index contributed by atoms with van der Waals surface area (Å²) in [5, 5.41) is 0. The molecule has 0 bridgehead atoms. The number of hydrogen-bond acceptors (Lipinski definition) is 4. The van der Waals surface area contributed by atoms with Crippen LogP contribution in [0.5, 0.6) is 0 Å². The third-order valence-electron chi connectivity index (χ3n) is 3.99. The van der Waals surface area contributed by atoms with Crippen molar-refractivity contribution in [3.8, 4) is 22.6 Å². The molecule has 0 atom stereocenters. The minimum Gasteiger partial charge on any atom is -0.287 e. The van der Waals surface area contributed by atoms with Crippen molar-refractivity contribution in [2.75, 3.05) is 0 Å². The number of aromatic nitrogens is 3. The van der Waals surface area contributed by atoms with E-state index >= 15 is 0 Å². The standard InChI is InChI=1S/C22H15N3O/c26-22(17-8-5-7-16(15-17)18-9-1-3-13-23-18)21-12-6-11-20(25-21)19-10-2-4-14-24-19/h1-15H. The molecule has 0 fully saturated rings. The molecule has 0 amide bonds. The molecule has 0 spiro atoms. The zero-order valence-electron chi connectivity index (χ0n) is 13.9. The molecular formula is C22H15N3O. The summed E-state index contributed by atoms with van der Waals surface area (Å²) in [4.78, 5) is 26.0. The number of nitrogens with zero attached hydrogens (tertiary/aromatic N) is 3. The van der Waals surface area contributed by atoms with E-state index < -0.39 is 0 Å². The Hall–Kier alpha value is -3.66. The molecule has 1 aromatic carbocycles. The maximum absolute atomic E-state index is 12.9. The van der Waals surface area contributed by atoms with Gasteiger partial charge in [-0.25, -0.2) is 4.98 Å². The van der Waals surface area contributed by atoms with Crippen molar-refractivity contribution in [1.29, 1.82) is 0 Å². The number of carbonyl (C=O) groups excluding carboxylic acids is 1. The fraction of sp³-hybridized carbons (Fsp3) is 0. The Morgan fingerprint density at radius 3 is 2.08 bits per heavy atom. The van der Waals surface area contributed by atoms with E-state index in [0.717, 1.165) is 17.0 Å². The molecule has 0 saturated carbocycles. The smallest absolute Gasteiger partial charge is 0.211 e. The lowest BCUT2D eigenvalue weighted by Gasteiger charge is -2.06. The van der Waals surface area contributed by atoms with E-state index in [2.05, 4.69) is 15.0 Å². The SMILES string of the molecule is O=C(c1cccc(-c2ccccn2)c1)c1cccc(-c2ccccn2)n1. The van der Waals surface area contributed by atoms with Crippen LogP contribution in [-0.2, 0) is 0 Å². The molecular weight excluding hydrogens is 322 g/mol. The van der Waals surface area contributed by atoms with Gasteiger partial charge in [0.2, 0.25) is 5.78 Å². The highest BCUT2D eigenvalue weighted by Gasteiger charge is 2.13. The van der Waals surface area contributed by atoms with E-state index in [1.807, 2.05) is 66.7 Å². The number of hydrogen-bond donors (Lipinski definition) is 0. The van der Waals surface area contributed by atoms with Crippen LogP contribution in [0.25, 0.3) is 22.6 Å². The topological polar surface area (TPSA) is 55.7 Å². The molecule has 0 aliphatic heterocycles. The molecule has 0 aliphatic carbocycles. The molecule has 3 heterocycles. The normalized spacial score (nSPS) is 10.5. The van der Waals surface area contributed by atoms with Gasteiger partial charge in [0, 0.05) is 23.5 Å². The van der Waals surface area contributed by atoms with Crippen molar-refractivity contribution >= 4 is 5.78 Å². The van der Waals surface area contributed by atoms with Gasteiger partial charge in [0.15, 0.2) is 0 Å². The highest BCUT2D eigenvalue weighted by molar-refractivity contribution is 6.08. The first-order valence-corrected chi connectivity index (χ1v) is 8.26. The summed E-state index contributed by atoms with van der Waals surface area (Å²) >= 11 is 0. The molecule has 4 rings (SSSR count). The van der Waals surface area contributed by atoms with Gasteiger partial charge in [0.05, 0.1) is 17.1 Å². The molecule has 4 heteroatoms. The second-order valence-electron chi connectivity index (χ2n) is 5.75. The molecule has 0 saturated heterocycles. The number of ketones is 1. The van der Waals surface area contributed by atoms with Crippen LogP contribution in [0.4, 0.5) is 0 Å². The van der Waals surface area contributed by atoms with E-state index in [1.165, 1.54) is 0 Å². The second kappa shape index (κ2) is 7.07. The van der Waals surface area contributed by atoms with Gasteiger partial charge >= 0.3 is 0 Å². The summed E-state index contributed by atoms with van der Waals surface area (Å²) in [5.41, 5.74) is 4.13. The van der Waals surface area contributed by atoms with Crippen molar-refractivity contribution in [2.24, 2.45) is 0 Å². The zero-order chi connectivity index (χ0) is 17.8. The molecule has 4 nitrogen and oxygen atoms in total. The first-order valence-electron chi connectivity index (χ1n) is 8.26. The van der Waals surface area contributed by atoms with E-state index in [9.17, 15) is 4.79 Å². The summed E-state index contributed by atoms with van der Waals surface area (Å²) in [6.07, 6.45) is 3.45. The predicted octanol–water partition coefficient (Wildman–Crippen LogP) is 4.44. The Balaban J connectivity index is 1.69. The first-order chi connectivity index (χ1) is 12.8. The van der Waals surface area contributed by atoms with Gasteiger partial charge in [0.1, 0.15) is 5.69 Å². The van der Waals surface area contributed by atoms with Gasteiger partial charge in [0.25, 0.3) is 0 Å². The van der Waals surface area contributed by atoms with Crippen LogP contribution in [0.15, 0.2) is 91.3 Å². The van der Waals surface area contributed by atoms with Crippen molar-refractivity contribution < 1.29 is 4.79 Å².